The predicted octanol–water partition coefficient (Wildman–Crippen LogP) is 4.23. The first-order valence-corrected chi connectivity index (χ1v) is 9.00. The molecule has 0 saturated heterocycles. The number of hydrogen-bond donors (Lipinski definition) is 1. The topological polar surface area (TPSA) is 54.4 Å². The Morgan fingerprint density at radius 3 is 2.27 bits per heavy atom. The number of rotatable bonds is 6. The Kier molecular flexibility index (Phi) is 5.37. The van der Waals surface area contributed by atoms with E-state index in [-0.39, 0.29) is 4.90 Å². The van der Waals surface area contributed by atoms with Crippen molar-refractivity contribution in [3.63, 3.8) is 0 Å². The van der Waals surface area contributed by atoms with Gasteiger partial charge >= 0.3 is 0 Å². The van der Waals surface area contributed by atoms with Gasteiger partial charge in [0.15, 0.2) is 0 Å². The molecule has 0 radical (unpaired) electrons. The minimum Gasteiger partial charge on any atom is -0.282 e. The first-order chi connectivity index (χ1) is 10.4. The van der Waals surface area contributed by atoms with Crippen molar-refractivity contribution < 1.29 is 13.0 Å². The second-order valence-corrected chi connectivity index (χ2v) is 7.01. The van der Waals surface area contributed by atoms with Crippen LogP contribution in [0.15, 0.2) is 53.4 Å². The van der Waals surface area contributed by atoms with E-state index in [1.807, 2.05) is 0 Å². The summed E-state index contributed by atoms with van der Waals surface area (Å²) < 4.78 is 32.1. The van der Waals surface area contributed by atoms with Gasteiger partial charge in [-0.1, -0.05) is 56.3 Å². The lowest BCUT2D eigenvalue weighted by atomic mass is 9.93. The van der Waals surface area contributed by atoms with Crippen molar-refractivity contribution in [2.24, 2.45) is 0 Å². The number of hydrogen-bond acceptors (Lipinski definition) is 2. The van der Waals surface area contributed by atoms with Gasteiger partial charge in [0, 0.05) is 0 Å². The number of benzene rings is 2. The molecule has 0 aliphatic carbocycles. The van der Waals surface area contributed by atoms with E-state index >= 15 is 0 Å². The van der Waals surface area contributed by atoms with E-state index in [9.17, 15) is 13.0 Å². The fraction of sp³-hybridized carbons (Fsp3) is 0.333. The minimum atomic E-state index is -4.16. The Balaban J connectivity index is 2.09. The zero-order valence-corrected chi connectivity index (χ0v) is 13.8. The maximum Gasteiger partial charge on any atom is 0.294 e. The van der Waals surface area contributed by atoms with E-state index in [4.69, 9.17) is 0 Å². The van der Waals surface area contributed by atoms with Gasteiger partial charge in [-0.2, -0.15) is 8.42 Å². The van der Waals surface area contributed by atoms with Gasteiger partial charge in [0.1, 0.15) is 0 Å². The first kappa shape index (κ1) is 16.7. The third-order valence-electron chi connectivity index (χ3n) is 4.05. The smallest absolute Gasteiger partial charge is 0.282 e. The van der Waals surface area contributed by atoms with Crippen LogP contribution in [0.1, 0.15) is 42.9 Å². The van der Waals surface area contributed by atoms with Gasteiger partial charge in [-0.05, 0) is 47.9 Å². The van der Waals surface area contributed by atoms with Crippen LogP contribution in [-0.4, -0.2) is 13.0 Å². The van der Waals surface area contributed by atoms with Gasteiger partial charge in [0.2, 0.25) is 0 Å². The molecule has 3 nitrogen and oxygen atoms in total. The van der Waals surface area contributed by atoms with Crippen molar-refractivity contribution >= 4 is 10.1 Å². The molecule has 0 heterocycles. The normalized spacial score (nSPS) is 13.0. The predicted molar refractivity (Wildman–Crippen MR) is 88.8 cm³/mol. The Bertz CT molecular complexity index is 718. The molecule has 2 aromatic carbocycles. The molecule has 0 bridgehead atoms. The van der Waals surface area contributed by atoms with E-state index < -0.39 is 10.1 Å². The maximum atomic E-state index is 11.4. The molecule has 22 heavy (non-hydrogen) atoms. The summed E-state index contributed by atoms with van der Waals surface area (Å²) >= 11 is 0. The minimum absolute atomic E-state index is 0.0172. The van der Waals surface area contributed by atoms with Crippen LogP contribution < -0.4 is 0 Å². The summed E-state index contributed by atoms with van der Waals surface area (Å²) in [6.07, 6.45) is 2.47. The molecule has 0 spiro atoms. The van der Waals surface area contributed by atoms with Gasteiger partial charge in [-0.3, -0.25) is 4.55 Å². The SMILES string of the molecule is CCc1ccc(C(C)CCc2ccccc2S(=O)(=O)O)cc1. The summed E-state index contributed by atoms with van der Waals surface area (Å²) in [6.45, 7) is 4.27. The van der Waals surface area contributed by atoms with Crippen molar-refractivity contribution in [3.05, 3.63) is 65.2 Å². The molecule has 0 aromatic heterocycles. The Labute approximate surface area is 132 Å². The van der Waals surface area contributed by atoms with E-state index in [2.05, 4.69) is 38.1 Å². The van der Waals surface area contributed by atoms with Crippen molar-refractivity contribution in [3.8, 4) is 0 Å². The van der Waals surface area contributed by atoms with Crippen molar-refractivity contribution in [1.29, 1.82) is 0 Å². The highest BCUT2D eigenvalue weighted by Crippen LogP contribution is 2.24. The summed E-state index contributed by atoms with van der Waals surface area (Å²) in [5, 5.41) is 0. The lowest BCUT2D eigenvalue weighted by Gasteiger charge is -2.13. The van der Waals surface area contributed by atoms with E-state index in [0.29, 0.717) is 17.9 Å². The monoisotopic (exact) mass is 318 g/mol. The number of aryl methyl sites for hydroxylation is 2. The molecule has 118 valence electrons. The average Bonchev–Trinajstić information content (AvgIpc) is 2.52. The highest BCUT2D eigenvalue weighted by atomic mass is 32.2. The van der Waals surface area contributed by atoms with E-state index in [0.717, 1.165) is 12.8 Å². The quantitative estimate of drug-likeness (QED) is 0.811. The van der Waals surface area contributed by atoms with Crippen LogP contribution in [0.5, 0.6) is 0 Å². The molecule has 0 amide bonds. The molecular formula is C18H22O3S. The fourth-order valence-corrected chi connectivity index (χ4v) is 3.33. The molecule has 0 fully saturated rings. The Hall–Kier alpha value is -1.65. The summed E-state index contributed by atoms with van der Waals surface area (Å²) in [6, 6.07) is 15.2. The van der Waals surface area contributed by atoms with Crippen LogP contribution in [0.3, 0.4) is 0 Å². The van der Waals surface area contributed by atoms with E-state index in [1.54, 1.807) is 18.2 Å². The van der Waals surface area contributed by atoms with Crippen LogP contribution in [0, 0.1) is 0 Å². The molecule has 1 atom stereocenters. The van der Waals surface area contributed by atoms with Crippen LogP contribution in [0.25, 0.3) is 0 Å². The van der Waals surface area contributed by atoms with Gasteiger partial charge < -0.3 is 0 Å². The van der Waals surface area contributed by atoms with Gasteiger partial charge in [-0.25, -0.2) is 0 Å². The van der Waals surface area contributed by atoms with Crippen LogP contribution in [-0.2, 0) is 23.0 Å². The Morgan fingerprint density at radius 1 is 1.05 bits per heavy atom. The van der Waals surface area contributed by atoms with Gasteiger partial charge in [0.05, 0.1) is 4.90 Å². The van der Waals surface area contributed by atoms with Crippen LogP contribution >= 0.6 is 0 Å². The standard InChI is InChI=1S/C18H22O3S/c1-3-15-9-12-16(13-10-15)14(2)8-11-17-6-4-5-7-18(17)22(19,20)21/h4-7,9-10,12-14H,3,8,11H2,1-2H3,(H,19,20,21). The molecule has 2 aromatic rings. The van der Waals surface area contributed by atoms with Crippen molar-refractivity contribution in [1.82, 2.24) is 0 Å². The zero-order valence-electron chi connectivity index (χ0n) is 13.0. The third kappa shape index (κ3) is 4.18. The first-order valence-electron chi connectivity index (χ1n) is 7.56. The maximum absolute atomic E-state index is 11.4. The summed E-state index contributed by atoms with van der Waals surface area (Å²) in [5.41, 5.74) is 3.23. The fourth-order valence-electron chi connectivity index (χ4n) is 2.58. The van der Waals surface area contributed by atoms with Gasteiger partial charge in [-0.15, -0.1) is 0 Å². The molecule has 4 heteroatoms. The zero-order chi connectivity index (χ0) is 16.2. The third-order valence-corrected chi connectivity index (χ3v) is 5.01. The van der Waals surface area contributed by atoms with Crippen LogP contribution in [0.2, 0.25) is 0 Å². The lowest BCUT2D eigenvalue weighted by Crippen LogP contribution is -2.04. The van der Waals surface area contributed by atoms with Gasteiger partial charge in [0.25, 0.3) is 10.1 Å². The molecule has 0 aliphatic rings. The van der Waals surface area contributed by atoms with Crippen molar-refractivity contribution in [2.45, 2.75) is 43.9 Å². The van der Waals surface area contributed by atoms with E-state index in [1.165, 1.54) is 17.2 Å². The highest BCUT2D eigenvalue weighted by Gasteiger charge is 2.15. The second-order valence-electron chi connectivity index (χ2n) is 5.62. The largest absolute Gasteiger partial charge is 0.294 e. The summed E-state index contributed by atoms with van der Waals surface area (Å²) in [5.74, 6) is 0.334. The molecule has 1 N–H and O–H groups in total. The van der Waals surface area contributed by atoms with Crippen molar-refractivity contribution in [2.75, 3.05) is 0 Å². The molecule has 2 rings (SSSR count). The molecule has 0 saturated carbocycles. The summed E-state index contributed by atoms with van der Waals surface area (Å²) in [4.78, 5) is 0.0172. The summed E-state index contributed by atoms with van der Waals surface area (Å²) in [7, 11) is -4.16. The lowest BCUT2D eigenvalue weighted by molar-refractivity contribution is 0.481. The Morgan fingerprint density at radius 2 is 1.68 bits per heavy atom. The molecule has 1 unspecified atom stereocenters. The molecular weight excluding hydrogens is 296 g/mol. The highest BCUT2D eigenvalue weighted by molar-refractivity contribution is 7.85. The van der Waals surface area contributed by atoms with Crippen LogP contribution in [0.4, 0.5) is 0 Å². The second kappa shape index (κ2) is 7.07. The average molecular weight is 318 g/mol. The molecule has 0 aliphatic heterocycles.